The molecule has 6 nitrogen and oxygen atoms in total. The summed E-state index contributed by atoms with van der Waals surface area (Å²) in [5.74, 6) is 2.16. The van der Waals surface area contributed by atoms with Gasteiger partial charge in [0.15, 0.2) is 0 Å². The van der Waals surface area contributed by atoms with Crippen LogP contribution in [0.3, 0.4) is 0 Å². The Bertz CT molecular complexity index is 1140. The molecule has 1 aliphatic heterocycles. The van der Waals surface area contributed by atoms with E-state index in [2.05, 4.69) is 18.2 Å². The van der Waals surface area contributed by atoms with Crippen LogP contribution in [0.2, 0.25) is 0 Å². The molecule has 1 saturated heterocycles. The van der Waals surface area contributed by atoms with E-state index in [9.17, 15) is 4.79 Å². The lowest BCUT2D eigenvalue weighted by Crippen LogP contribution is -2.39. The molecule has 0 N–H and O–H groups in total. The first-order valence-electron chi connectivity index (χ1n) is 11.2. The Hall–Kier alpha value is -3.54. The molecule has 0 aliphatic carbocycles. The van der Waals surface area contributed by atoms with Crippen LogP contribution in [-0.2, 0) is 0 Å². The van der Waals surface area contributed by atoms with Gasteiger partial charge < -0.3 is 19.1 Å². The fraction of sp³-hybridized carbons (Fsp3) is 0.333. The highest BCUT2D eigenvalue weighted by molar-refractivity contribution is 5.97. The topological polar surface area (TPSA) is 60.9 Å². The first kappa shape index (κ1) is 22.6. The minimum absolute atomic E-state index is 0.0279. The normalized spacial score (nSPS) is 15.8. The monoisotopic (exact) mass is 446 g/mol. The van der Waals surface area contributed by atoms with Crippen molar-refractivity contribution < 1.29 is 19.0 Å². The van der Waals surface area contributed by atoms with Gasteiger partial charge in [-0.05, 0) is 67.3 Å². The van der Waals surface area contributed by atoms with Crippen LogP contribution in [-0.4, -0.2) is 50.2 Å². The maximum Gasteiger partial charge on any atom is 0.257 e. The molecule has 1 aliphatic rings. The predicted octanol–water partition coefficient (Wildman–Crippen LogP) is 5.10. The van der Waals surface area contributed by atoms with E-state index in [0.29, 0.717) is 23.6 Å². The molecular formula is C27H30N2O4. The Labute approximate surface area is 195 Å². The molecule has 0 bridgehead atoms. The van der Waals surface area contributed by atoms with Gasteiger partial charge in [0, 0.05) is 36.5 Å². The molecular weight excluding hydrogens is 416 g/mol. The van der Waals surface area contributed by atoms with E-state index in [1.54, 1.807) is 39.5 Å². The zero-order valence-corrected chi connectivity index (χ0v) is 19.6. The van der Waals surface area contributed by atoms with Crippen molar-refractivity contribution in [3.8, 4) is 28.4 Å². The number of amides is 1. The minimum atomic E-state index is -0.0279. The molecule has 2 aromatic carbocycles. The number of rotatable bonds is 6. The quantitative estimate of drug-likeness (QED) is 0.527. The number of pyridine rings is 1. The lowest BCUT2D eigenvalue weighted by molar-refractivity contribution is 0.0702. The van der Waals surface area contributed by atoms with Gasteiger partial charge >= 0.3 is 0 Å². The highest BCUT2D eigenvalue weighted by Gasteiger charge is 2.28. The molecule has 0 saturated carbocycles. The van der Waals surface area contributed by atoms with E-state index in [-0.39, 0.29) is 11.8 Å². The van der Waals surface area contributed by atoms with E-state index in [1.165, 1.54) is 0 Å². The highest BCUT2D eigenvalue weighted by atomic mass is 16.5. The number of benzene rings is 2. The van der Waals surface area contributed by atoms with Crippen LogP contribution in [0.15, 0.2) is 54.6 Å². The van der Waals surface area contributed by atoms with Crippen LogP contribution in [0.4, 0.5) is 0 Å². The number of piperidine rings is 1. The second-order valence-corrected chi connectivity index (χ2v) is 8.31. The molecule has 4 rings (SSSR count). The minimum Gasteiger partial charge on any atom is -0.497 e. The van der Waals surface area contributed by atoms with Gasteiger partial charge in [-0.2, -0.15) is 0 Å². The lowest BCUT2D eigenvalue weighted by Gasteiger charge is -2.33. The molecule has 33 heavy (non-hydrogen) atoms. The standard InChI is InChI=1S/C27H30N2O4/c1-18-13-21(19-7-5-9-22(14-19)31-2)15-25(28-18)20-8-6-12-29(17-20)27(30)24-11-10-23(32-3)16-26(24)33-4/h5,7,9-11,13-16,20H,6,8,12,17H2,1-4H3/t20-/m1/s1. The maximum atomic E-state index is 13.4. The molecule has 172 valence electrons. The summed E-state index contributed by atoms with van der Waals surface area (Å²) < 4.78 is 16.1. The van der Waals surface area contributed by atoms with Crippen molar-refractivity contribution in [1.29, 1.82) is 0 Å². The fourth-order valence-corrected chi connectivity index (χ4v) is 4.42. The summed E-state index contributed by atoms with van der Waals surface area (Å²) in [6.07, 6.45) is 1.93. The predicted molar refractivity (Wildman–Crippen MR) is 128 cm³/mol. The fourth-order valence-electron chi connectivity index (χ4n) is 4.42. The van der Waals surface area contributed by atoms with Gasteiger partial charge in [0.1, 0.15) is 17.2 Å². The lowest BCUT2D eigenvalue weighted by atomic mass is 9.91. The average molecular weight is 447 g/mol. The zero-order chi connectivity index (χ0) is 23.4. The van der Waals surface area contributed by atoms with Gasteiger partial charge in [0.2, 0.25) is 0 Å². The van der Waals surface area contributed by atoms with Crippen molar-refractivity contribution in [2.45, 2.75) is 25.7 Å². The van der Waals surface area contributed by atoms with Gasteiger partial charge in [0.25, 0.3) is 5.91 Å². The van der Waals surface area contributed by atoms with E-state index < -0.39 is 0 Å². The molecule has 1 fully saturated rings. The van der Waals surface area contributed by atoms with E-state index >= 15 is 0 Å². The Morgan fingerprint density at radius 3 is 2.48 bits per heavy atom. The smallest absolute Gasteiger partial charge is 0.257 e. The second kappa shape index (κ2) is 9.94. The first-order valence-corrected chi connectivity index (χ1v) is 11.2. The van der Waals surface area contributed by atoms with Gasteiger partial charge in [-0.3, -0.25) is 9.78 Å². The van der Waals surface area contributed by atoms with E-state index in [1.807, 2.05) is 30.0 Å². The average Bonchev–Trinajstić information content (AvgIpc) is 2.87. The molecule has 0 spiro atoms. The van der Waals surface area contributed by atoms with Crippen molar-refractivity contribution in [2.75, 3.05) is 34.4 Å². The van der Waals surface area contributed by atoms with Crippen molar-refractivity contribution in [3.63, 3.8) is 0 Å². The number of hydrogen-bond acceptors (Lipinski definition) is 5. The van der Waals surface area contributed by atoms with Crippen molar-refractivity contribution >= 4 is 5.91 Å². The summed E-state index contributed by atoms with van der Waals surface area (Å²) in [6.45, 7) is 3.36. The van der Waals surface area contributed by atoms with Crippen molar-refractivity contribution in [3.05, 3.63) is 71.5 Å². The number of ether oxygens (including phenoxy) is 3. The molecule has 1 amide bonds. The zero-order valence-electron chi connectivity index (χ0n) is 19.6. The summed E-state index contributed by atoms with van der Waals surface area (Å²) in [5.41, 5.74) is 4.73. The third-order valence-electron chi connectivity index (χ3n) is 6.14. The van der Waals surface area contributed by atoms with Crippen LogP contribution in [0.1, 0.15) is 40.5 Å². The van der Waals surface area contributed by atoms with Gasteiger partial charge in [-0.25, -0.2) is 0 Å². The Morgan fingerprint density at radius 1 is 0.939 bits per heavy atom. The molecule has 1 aromatic heterocycles. The van der Waals surface area contributed by atoms with Crippen molar-refractivity contribution in [1.82, 2.24) is 9.88 Å². The second-order valence-electron chi connectivity index (χ2n) is 8.31. The van der Waals surface area contributed by atoms with Crippen LogP contribution in [0.25, 0.3) is 11.1 Å². The number of aromatic nitrogens is 1. The van der Waals surface area contributed by atoms with Crippen LogP contribution < -0.4 is 14.2 Å². The molecule has 3 aromatic rings. The third kappa shape index (κ3) is 4.95. The van der Waals surface area contributed by atoms with Crippen LogP contribution >= 0.6 is 0 Å². The van der Waals surface area contributed by atoms with E-state index in [4.69, 9.17) is 19.2 Å². The first-order chi connectivity index (χ1) is 16.0. The summed E-state index contributed by atoms with van der Waals surface area (Å²) >= 11 is 0. The number of aryl methyl sites for hydroxylation is 1. The number of carbonyl (C=O) groups is 1. The molecule has 0 unspecified atom stereocenters. The maximum absolute atomic E-state index is 13.4. The Balaban J connectivity index is 1.59. The summed E-state index contributed by atoms with van der Waals surface area (Å²) in [4.78, 5) is 20.1. The molecule has 6 heteroatoms. The largest absolute Gasteiger partial charge is 0.497 e. The van der Waals surface area contributed by atoms with Crippen LogP contribution in [0, 0.1) is 6.92 Å². The van der Waals surface area contributed by atoms with Gasteiger partial charge in [-0.15, -0.1) is 0 Å². The summed E-state index contributed by atoms with van der Waals surface area (Å²) in [7, 11) is 4.84. The Morgan fingerprint density at radius 2 is 1.73 bits per heavy atom. The van der Waals surface area contributed by atoms with Gasteiger partial charge in [0.05, 0.1) is 26.9 Å². The number of hydrogen-bond donors (Lipinski definition) is 0. The number of methoxy groups -OCH3 is 3. The molecule has 1 atom stereocenters. The Kier molecular flexibility index (Phi) is 6.82. The molecule has 0 radical (unpaired) electrons. The van der Waals surface area contributed by atoms with Crippen LogP contribution in [0.5, 0.6) is 17.2 Å². The van der Waals surface area contributed by atoms with Gasteiger partial charge in [-0.1, -0.05) is 12.1 Å². The summed E-state index contributed by atoms with van der Waals surface area (Å²) in [5, 5.41) is 0. The summed E-state index contributed by atoms with van der Waals surface area (Å²) in [6, 6.07) is 17.6. The number of nitrogens with zero attached hydrogens (tertiary/aromatic N) is 2. The number of carbonyl (C=O) groups excluding carboxylic acids is 1. The number of likely N-dealkylation sites (tertiary alicyclic amines) is 1. The highest BCUT2D eigenvalue weighted by Crippen LogP contribution is 2.32. The molecule has 2 heterocycles. The SMILES string of the molecule is COc1cccc(-c2cc(C)nc([C@@H]3CCCN(C(=O)c4ccc(OC)cc4OC)C3)c2)c1. The van der Waals surface area contributed by atoms with Crippen molar-refractivity contribution in [2.24, 2.45) is 0 Å². The van der Waals surface area contributed by atoms with E-state index in [0.717, 1.165) is 47.7 Å². The third-order valence-corrected chi connectivity index (χ3v) is 6.14.